The first-order chi connectivity index (χ1) is 59.7. The largest absolute Gasteiger partial charge is 0.0622 e. The zero-order chi connectivity index (χ0) is 80.9. The van der Waals surface area contributed by atoms with Crippen LogP contribution in [0.15, 0.2) is 455 Å². The third-order valence-corrected chi connectivity index (χ3v) is 24.7. The van der Waals surface area contributed by atoms with Gasteiger partial charge in [-0.15, -0.1) is 0 Å². The molecular formula is C121H84. The molecule has 0 fully saturated rings. The van der Waals surface area contributed by atoms with Gasteiger partial charge >= 0.3 is 0 Å². The van der Waals surface area contributed by atoms with Crippen LogP contribution >= 0.6 is 0 Å². The van der Waals surface area contributed by atoms with E-state index in [0.29, 0.717) is 0 Å². The van der Waals surface area contributed by atoms with Crippen LogP contribution in [0.1, 0.15) is 16.7 Å². The van der Waals surface area contributed by atoms with Crippen molar-refractivity contribution in [1.82, 2.24) is 0 Å². The van der Waals surface area contributed by atoms with Crippen LogP contribution in [0.3, 0.4) is 0 Å². The lowest BCUT2D eigenvalue weighted by Crippen LogP contribution is -1.93. The van der Waals surface area contributed by atoms with Gasteiger partial charge in [-0.2, -0.15) is 0 Å². The van der Waals surface area contributed by atoms with E-state index in [1.807, 2.05) is 0 Å². The molecule has 568 valence electrons. The normalized spacial score (nSPS) is 11.4. The summed E-state index contributed by atoms with van der Waals surface area (Å²) >= 11 is 0. The molecule has 0 spiro atoms. The van der Waals surface area contributed by atoms with Crippen molar-refractivity contribution in [2.45, 2.75) is 20.8 Å². The Labute approximate surface area is 706 Å². The average molecular weight is 1540 g/mol. The van der Waals surface area contributed by atoms with Crippen LogP contribution in [0.25, 0.3) is 219 Å². The van der Waals surface area contributed by atoms with Crippen LogP contribution in [-0.4, -0.2) is 0 Å². The van der Waals surface area contributed by atoms with Gasteiger partial charge in [0, 0.05) is 0 Å². The first-order valence-electron chi connectivity index (χ1n) is 42.1. The zero-order valence-electron chi connectivity index (χ0n) is 67.8. The van der Waals surface area contributed by atoms with Crippen molar-refractivity contribution >= 4 is 108 Å². The molecule has 0 heteroatoms. The molecule has 0 radical (unpaired) electrons. The minimum Gasteiger partial charge on any atom is -0.0622 e. The van der Waals surface area contributed by atoms with E-state index < -0.39 is 0 Å². The number of benzene rings is 23. The first-order valence-corrected chi connectivity index (χ1v) is 42.1. The molecule has 0 aliphatic heterocycles. The van der Waals surface area contributed by atoms with Crippen LogP contribution in [0.4, 0.5) is 0 Å². The van der Waals surface area contributed by atoms with E-state index in [1.165, 1.54) is 236 Å². The quantitative estimate of drug-likeness (QED) is 0.120. The van der Waals surface area contributed by atoms with Gasteiger partial charge in [-0.1, -0.05) is 460 Å². The van der Waals surface area contributed by atoms with Crippen LogP contribution in [0.2, 0.25) is 0 Å². The van der Waals surface area contributed by atoms with Crippen molar-refractivity contribution in [1.29, 1.82) is 0 Å². The number of hydrogen-bond donors (Lipinski definition) is 0. The summed E-state index contributed by atoms with van der Waals surface area (Å²) in [5.74, 6) is 0. The summed E-state index contributed by atoms with van der Waals surface area (Å²) in [4.78, 5) is 0. The van der Waals surface area contributed by atoms with Crippen LogP contribution in [0, 0.1) is 20.8 Å². The molecule has 23 aromatic carbocycles. The summed E-state index contributed by atoms with van der Waals surface area (Å²) in [5.41, 5.74) is 29.0. The predicted octanol–water partition coefficient (Wildman–Crippen LogP) is 34.2. The SMILES string of the molecule is Cc1ccc2c(-c3ccc(-c4ccc5ccccc5c4)cc3)c3ccccc3c(-c3ccc(-c4ccc5ccccc5c4)cc3)c2c1.Cc1ccc2c(-c3ccc(-c4ccccc4)cc3)c3ccccc3c(-c3ccc(-c4ccccc4)cc3)c2c1.Cc1ccc2c(-c3cccc4ccccc34)c3ccccc3c(-c3cccc4ccccc34)c2c1. The lowest BCUT2D eigenvalue weighted by Gasteiger charge is -2.20. The fourth-order valence-electron chi connectivity index (χ4n) is 18.9. The summed E-state index contributed by atoms with van der Waals surface area (Å²) < 4.78 is 0. The molecule has 0 saturated carbocycles. The molecule has 121 heavy (non-hydrogen) atoms. The molecule has 0 atom stereocenters. The second-order valence-electron chi connectivity index (χ2n) is 32.3. The van der Waals surface area contributed by atoms with Gasteiger partial charge in [-0.25, -0.2) is 0 Å². The fourth-order valence-corrected chi connectivity index (χ4v) is 18.9. The number of aryl methyl sites for hydroxylation is 3. The van der Waals surface area contributed by atoms with E-state index in [0.717, 1.165) is 0 Å². The van der Waals surface area contributed by atoms with Gasteiger partial charge in [0.2, 0.25) is 0 Å². The van der Waals surface area contributed by atoms with Gasteiger partial charge in [-0.3, -0.25) is 0 Å². The monoisotopic (exact) mass is 1540 g/mol. The predicted molar refractivity (Wildman–Crippen MR) is 523 cm³/mol. The van der Waals surface area contributed by atoms with Crippen LogP contribution < -0.4 is 0 Å². The molecule has 0 bridgehead atoms. The van der Waals surface area contributed by atoms with Gasteiger partial charge in [-0.05, 0) is 252 Å². The molecule has 0 aromatic heterocycles. The highest BCUT2D eigenvalue weighted by atomic mass is 14.3. The van der Waals surface area contributed by atoms with Gasteiger partial charge < -0.3 is 0 Å². The van der Waals surface area contributed by atoms with E-state index in [-0.39, 0.29) is 0 Å². The Morgan fingerprint density at radius 3 is 0.669 bits per heavy atom. The van der Waals surface area contributed by atoms with Gasteiger partial charge in [0.1, 0.15) is 0 Å². The topological polar surface area (TPSA) is 0 Å². The van der Waals surface area contributed by atoms with Gasteiger partial charge in [0.05, 0.1) is 0 Å². The number of hydrogen-bond acceptors (Lipinski definition) is 0. The van der Waals surface area contributed by atoms with E-state index in [4.69, 9.17) is 0 Å². The summed E-state index contributed by atoms with van der Waals surface area (Å²) in [6, 6.07) is 166. The van der Waals surface area contributed by atoms with Crippen LogP contribution in [0.5, 0.6) is 0 Å². The maximum atomic E-state index is 2.37. The zero-order valence-corrected chi connectivity index (χ0v) is 67.8. The third-order valence-electron chi connectivity index (χ3n) is 24.7. The van der Waals surface area contributed by atoms with Crippen molar-refractivity contribution in [2.24, 2.45) is 0 Å². The fraction of sp³-hybridized carbons (Fsp3) is 0.0248. The molecule has 0 heterocycles. The Hall–Kier alpha value is -15.3. The highest BCUT2D eigenvalue weighted by molar-refractivity contribution is 6.27. The van der Waals surface area contributed by atoms with Crippen molar-refractivity contribution in [3.05, 3.63) is 472 Å². The molecule has 0 N–H and O–H groups in total. The first kappa shape index (κ1) is 73.3. The smallest absolute Gasteiger partial charge is 0.00200 e. The van der Waals surface area contributed by atoms with Crippen molar-refractivity contribution in [2.75, 3.05) is 0 Å². The Morgan fingerprint density at radius 2 is 0.322 bits per heavy atom. The number of fused-ring (bicyclic) bond motifs is 10. The second kappa shape index (κ2) is 31.6. The lowest BCUT2D eigenvalue weighted by molar-refractivity contribution is 1.51. The molecule has 0 nitrogen and oxygen atoms in total. The minimum atomic E-state index is 1.23. The van der Waals surface area contributed by atoms with E-state index in [2.05, 4.69) is 476 Å². The Balaban J connectivity index is 0.000000113. The molecule has 23 aromatic rings. The summed E-state index contributed by atoms with van der Waals surface area (Å²) in [6.07, 6.45) is 0. The number of rotatable bonds is 10. The van der Waals surface area contributed by atoms with E-state index in [1.54, 1.807) is 0 Å². The molecule has 0 unspecified atom stereocenters. The highest BCUT2D eigenvalue weighted by Crippen LogP contribution is 2.50. The van der Waals surface area contributed by atoms with Gasteiger partial charge in [0.25, 0.3) is 0 Å². The Bertz CT molecular complexity index is 7900. The van der Waals surface area contributed by atoms with Crippen molar-refractivity contribution in [3.8, 4) is 111 Å². The molecule has 23 rings (SSSR count). The molecule has 0 amide bonds. The van der Waals surface area contributed by atoms with Crippen molar-refractivity contribution < 1.29 is 0 Å². The summed E-state index contributed by atoms with van der Waals surface area (Å²) in [6.45, 7) is 6.57. The standard InChI is InChI=1S/C47H32.C39H28.C35H24/c1-31-14-27-44-45(28-31)47(37-23-17-35(18-24-37)41-26-20-33-9-3-5-11-39(33)30-41)43-13-7-6-12-42(43)46(44)36-21-15-34(16-22-36)40-25-19-32-8-2-4-10-38(32)29-40;1-27-16-25-36-37(26-27)39(33-23-19-31(20-24-33)29-12-6-3-7-13-29)35-15-9-8-14-34(35)38(36)32-21-17-30(18-22-32)28-10-4-2-5-11-28;1-23-20-21-32-33(22-23)35(29-19-9-13-25-11-3-5-15-27(25)29)31-17-7-6-16-30(31)34(32)28-18-8-12-24-10-2-4-14-26(24)28/h2-30H,1H3;2-26H,1H3;2-22H,1H3. The van der Waals surface area contributed by atoms with E-state index in [9.17, 15) is 0 Å². The molecular weight excluding hydrogens is 1450 g/mol. The molecule has 0 aliphatic carbocycles. The highest BCUT2D eigenvalue weighted by Gasteiger charge is 2.23. The third kappa shape index (κ3) is 13.8. The lowest BCUT2D eigenvalue weighted by atomic mass is 9.83. The molecule has 0 aliphatic rings. The van der Waals surface area contributed by atoms with Gasteiger partial charge in [0.15, 0.2) is 0 Å². The van der Waals surface area contributed by atoms with Crippen molar-refractivity contribution in [3.63, 3.8) is 0 Å². The molecule has 0 saturated heterocycles. The maximum absolute atomic E-state index is 2.37. The summed E-state index contributed by atoms with van der Waals surface area (Å²) in [7, 11) is 0. The summed E-state index contributed by atoms with van der Waals surface area (Å²) in [5, 5.41) is 25.7. The Kier molecular flexibility index (Phi) is 19.1. The second-order valence-corrected chi connectivity index (χ2v) is 32.3. The average Bonchev–Trinajstić information content (AvgIpc) is 0.751. The Morgan fingerprint density at radius 1 is 0.107 bits per heavy atom. The maximum Gasteiger partial charge on any atom is -0.00200 e. The van der Waals surface area contributed by atoms with Crippen LogP contribution in [-0.2, 0) is 0 Å². The van der Waals surface area contributed by atoms with E-state index >= 15 is 0 Å². The minimum absolute atomic E-state index is 1.23.